The van der Waals surface area contributed by atoms with E-state index in [-0.39, 0.29) is 5.91 Å². The Morgan fingerprint density at radius 1 is 1.33 bits per heavy atom. The van der Waals surface area contributed by atoms with Gasteiger partial charge in [-0.1, -0.05) is 25.4 Å². The fourth-order valence-corrected chi connectivity index (χ4v) is 2.35. The first kappa shape index (κ1) is 14.6. The molecule has 1 heterocycles. The summed E-state index contributed by atoms with van der Waals surface area (Å²) in [6, 6.07) is 3.88. The monoisotopic (exact) mass is 266 g/mol. The SMILES string of the molecule is CC.CNC(=O)c1cn(C)c2c(Cl)cc(C)cc12. The van der Waals surface area contributed by atoms with E-state index in [0.717, 1.165) is 16.5 Å². The Bertz CT molecular complexity index is 573. The quantitative estimate of drug-likeness (QED) is 0.842. The zero-order valence-corrected chi connectivity index (χ0v) is 12.2. The molecular formula is C14H19ClN2O. The predicted octanol–water partition coefficient (Wildman–Crippen LogP) is 3.53. The minimum absolute atomic E-state index is 0.0905. The molecule has 0 spiro atoms. The summed E-state index contributed by atoms with van der Waals surface area (Å²) in [5.74, 6) is -0.0905. The molecule has 0 atom stereocenters. The summed E-state index contributed by atoms with van der Waals surface area (Å²) >= 11 is 6.18. The molecule has 0 bridgehead atoms. The summed E-state index contributed by atoms with van der Waals surface area (Å²) in [5.41, 5.74) is 2.60. The van der Waals surface area contributed by atoms with Crippen LogP contribution in [-0.4, -0.2) is 17.5 Å². The van der Waals surface area contributed by atoms with E-state index >= 15 is 0 Å². The summed E-state index contributed by atoms with van der Waals surface area (Å²) in [7, 11) is 3.51. The zero-order valence-electron chi connectivity index (χ0n) is 11.5. The number of carbonyl (C=O) groups is 1. The highest BCUT2D eigenvalue weighted by atomic mass is 35.5. The smallest absolute Gasteiger partial charge is 0.253 e. The first-order valence-corrected chi connectivity index (χ1v) is 6.39. The van der Waals surface area contributed by atoms with Crippen LogP contribution < -0.4 is 5.32 Å². The summed E-state index contributed by atoms with van der Waals surface area (Å²) in [5, 5.41) is 4.20. The standard InChI is InChI=1S/C12H13ClN2O.C2H6/c1-7-4-8-9(12(16)14-2)6-15(3)11(8)10(13)5-7;1-2/h4-6H,1-3H3,(H,14,16);1-2H3. The van der Waals surface area contributed by atoms with Crippen LogP contribution in [0.5, 0.6) is 0 Å². The predicted molar refractivity (Wildman–Crippen MR) is 77.4 cm³/mol. The fraction of sp³-hybridized carbons (Fsp3) is 0.357. The van der Waals surface area contributed by atoms with Gasteiger partial charge in [-0.2, -0.15) is 0 Å². The minimum Gasteiger partial charge on any atom is -0.355 e. The average Bonchev–Trinajstić information content (AvgIpc) is 2.68. The number of nitrogens with zero attached hydrogens (tertiary/aromatic N) is 1. The van der Waals surface area contributed by atoms with Crippen molar-refractivity contribution in [3.05, 3.63) is 34.5 Å². The van der Waals surface area contributed by atoms with Crippen molar-refractivity contribution in [3.8, 4) is 0 Å². The number of halogens is 1. The number of hydrogen-bond donors (Lipinski definition) is 1. The maximum absolute atomic E-state index is 11.7. The third-order valence-electron chi connectivity index (χ3n) is 2.65. The number of nitrogens with one attached hydrogen (secondary N) is 1. The van der Waals surface area contributed by atoms with Gasteiger partial charge in [0.2, 0.25) is 0 Å². The van der Waals surface area contributed by atoms with E-state index in [1.54, 1.807) is 13.2 Å². The Morgan fingerprint density at radius 3 is 2.50 bits per heavy atom. The van der Waals surface area contributed by atoms with E-state index in [1.807, 2.05) is 44.5 Å². The molecule has 4 heteroatoms. The molecule has 0 unspecified atom stereocenters. The molecule has 2 aromatic rings. The van der Waals surface area contributed by atoms with Crippen molar-refractivity contribution in [2.75, 3.05) is 7.05 Å². The molecule has 18 heavy (non-hydrogen) atoms. The van der Waals surface area contributed by atoms with Gasteiger partial charge in [-0.05, 0) is 24.6 Å². The highest BCUT2D eigenvalue weighted by Gasteiger charge is 2.14. The minimum atomic E-state index is -0.0905. The van der Waals surface area contributed by atoms with Crippen LogP contribution in [0, 0.1) is 6.92 Å². The normalized spacial score (nSPS) is 9.89. The van der Waals surface area contributed by atoms with Crippen molar-refractivity contribution in [2.45, 2.75) is 20.8 Å². The lowest BCUT2D eigenvalue weighted by Gasteiger charge is -2.01. The molecule has 98 valence electrons. The first-order valence-electron chi connectivity index (χ1n) is 6.02. The van der Waals surface area contributed by atoms with Gasteiger partial charge in [-0.25, -0.2) is 0 Å². The fourth-order valence-electron chi connectivity index (χ4n) is 1.94. The molecule has 0 radical (unpaired) electrons. The molecule has 1 amide bonds. The molecule has 0 saturated carbocycles. The van der Waals surface area contributed by atoms with Gasteiger partial charge in [0.15, 0.2) is 0 Å². The number of amides is 1. The molecule has 2 rings (SSSR count). The summed E-state index contributed by atoms with van der Waals surface area (Å²) in [4.78, 5) is 11.7. The third kappa shape index (κ3) is 2.51. The highest BCUT2D eigenvalue weighted by Crippen LogP contribution is 2.28. The molecule has 0 saturated heterocycles. The van der Waals surface area contributed by atoms with Crippen molar-refractivity contribution in [1.29, 1.82) is 0 Å². The second-order valence-corrected chi connectivity index (χ2v) is 4.28. The number of aromatic nitrogens is 1. The van der Waals surface area contributed by atoms with Gasteiger partial charge in [-0.15, -0.1) is 0 Å². The lowest BCUT2D eigenvalue weighted by atomic mass is 10.1. The van der Waals surface area contributed by atoms with E-state index in [0.29, 0.717) is 10.6 Å². The van der Waals surface area contributed by atoms with Gasteiger partial charge in [0, 0.05) is 25.7 Å². The second kappa shape index (κ2) is 5.91. The van der Waals surface area contributed by atoms with Gasteiger partial charge in [0.1, 0.15) is 0 Å². The van der Waals surface area contributed by atoms with Crippen LogP contribution >= 0.6 is 11.6 Å². The Labute approximate surface area is 113 Å². The molecule has 0 aliphatic heterocycles. The highest BCUT2D eigenvalue weighted by molar-refractivity contribution is 6.35. The lowest BCUT2D eigenvalue weighted by Crippen LogP contribution is -2.17. The molecule has 1 aromatic carbocycles. The number of aryl methyl sites for hydroxylation is 2. The van der Waals surface area contributed by atoms with Gasteiger partial charge in [0.25, 0.3) is 5.91 Å². The van der Waals surface area contributed by atoms with Gasteiger partial charge in [0.05, 0.1) is 16.1 Å². The van der Waals surface area contributed by atoms with Crippen molar-refractivity contribution in [3.63, 3.8) is 0 Å². The lowest BCUT2D eigenvalue weighted by molar-refractivity contribution is 0.0964. The van der Waals surface area contributed by atoms with E-state index in [2.05, 4.69) is 5.32 Å². The molecule has 0 fully saturated rings. The van der Waals surface area contributed by atoms with Crippen LogP contribution in [0.25, 0.3) is 10.9 Å². The number of rotatable bonds is 1. The zero-order chi connectivity index (χ0) is 13.9. The number of carbonyl (C=O) groups excluding carboxylic acids is 1. The molecule has 1 N–H and O–H groups in total. The summed E-state index contributed by atoms with van der Waals surface area (Å²) < 4.78 is 1.88. The first-order chi connectivity index (χ1) is 8.54. The van der Waals surface area contributed by atoms with Crippen molar-refractivity contribution in [1.82, 2.24) is 9.88 Å². The molecule has 1 aromatic heterocycles. The molecule has 0 aliphatic rings. The van der Waals surface area contributed by atoms with E-state index in [4.69, 9.17) is 11.6 Å². The second-order valence-electron chi connectivity index (χ2n) is 3.88. The largest absolute Gasteiger partial charge is 0.355 e. The van der Waals surface area contributed by atoms with Crippen molar-refractivity contribution in [2.24, 2.45) is 7.05 Å². The van der Waals surface area contributed by atoms with E-state index in [1.165, 1.54) is 0 Å². The maximum atomic E-state index is 11.7. The van der Waals surface area contributed by atoms with Crippen LogP contribution in [0.3, 0.4) is 0 Å². The number of hydrogen-bond acceptors (Lipinski definition) is 1. The Morgan fingerprint density at radius 2 is 1.94 bits per heavy atom. The van der Waals surface area contributed by atoms with Crippen molar-refractivity contribution < 1.29 is 4.79 Å². The van der Waals surface area contributed by atoms with E-state index in [9.17, 15) is 4.79 Å². The average molecular weight is 267 g/mol. The molecular weight excluding hydrogens is 248 g/mol. The van der Waals surface area contributed by atoms with Gasteiger partial charge in [-0.3, -0.25) is 4.79 Å². The van der Waals surface area contributed by atoms with Crippen LogP contribution in [0.15, 0.2) is 18.3 Å². The number of fused-ring (bicyclic) bond motifs is 1. The molecule has 3 nitrogen and oxygen atoms in total. The van der Waals surface area contributed by atoms with Gasteiger partial charge < -0.3 is 9.88 Å². The summed E-state index contributed by atoms with van der Waals surface area (Å²) in [6.07, 6.45) is 1.80. The Balaban J connectivity index is 0.000000771. The summed E-state index contributed by atoms with van der Waals surface area (Å²) in [6.45, 7) is 5.96. The third-order valence-corrected chi connectivity index (χ3v) is 2.93. The van der Waals surface area contributed by atoms with Crippen LogP contribution in [0.4, 0.5) is 0 Å². The molecule has 0 aliphatic carbocycles. The Kier molecular flexibility index (Phi) is 4.79. The Hall–Kier alpha value is -1.48. The van der Waals surface area contributed by atoms with Crippen LogP contribution in [0.1, 0.15) is 29.8 Å². The van der Waals surface area contributed by atoms with Gasteiger partial charge >= 0.3 is 0 Å². The van der Waals surface area contributed by atoms with Crippen LogP contribution in [0.2, 0.25) is 5.02 Å². The van der Waals surface area contributed by atoms with Crippen molar-refractivity contribution >= 4 is 28.4 Å². The van der Waals surface area contributed by atoms with E-state index < -0.39 is 0 Å². The topological polar surface area (TPSA) is 34.0 Å². The number of benzene rings is 1. The maximum Gasteiger partial charge on any atom is 0.253 e. The van der Waals surface area contributed by atoms with Crippen LogP contribution in [-0.2, 0) is 7.05 Å².